The lowest BCUT2D eigenvalue weighted by Gasteiger charge is -2.07. The largest absolute Gasteiger partial charge is 0.446 e. The Morgan fingerprint density at radius 1 is 1.25 bits per heavy atom. The van der Waals surface area contributed by atoms with E-state index < -0.39 is 0 Å². The fourth-order valence-electron chi connectivity index (χ4n) is 1.46. The summed E-state index contributed by atoms with van der Waals surface area (Å²) in [5, 5.41) is 0.753. The van der Waals surface area contributed by atoms with E-state index in [-0.39, 0.29) is 0 Å². The minimum Gasteiger partial charge on any atom is -0.446 e. The molecule has 0 unspecified atom stereocenters. The lowest BCUT2D eigenvalue weighted by molar-refractivity contribution is 0.112. The number of thiophene rings is 1. The molecule has 2 nitrogen and oxygen atoms in total. The Morgan fingerprint density at radius 3 is 2.75 bits per heavy atom. The predicted molar refractivity (Wildman–Crippen MR) is 65.6 cm³/mol. The van der Waals surface area contributed by atoms with E-state index >= 15 is 0 Å². The van der Waals surface area contributed by atoms with E-state index in [0.717, 1.165) is 23.5 Å². The van der Waals surface area contributed by atoms with Crippen LogP contribution in [0.4, 0.5) is 0 Å². The van der Waals surface area contributed by atoms with Crippen LogP contribution >= 0.6 is 11.3 Å². The predicted octanol–water partition coefficient (Wildman–Crippen LogP) is 3.92. The summed E-state index contributed by atoms with van der Waals surface area (Å²) in [5.41, 5.74) is 1.17. The Labute approximate surface area is 98.5 Å². The van der Waals surface area contributed by atoms with Crippen LogP contribution in [0.5, 0.6) is 10.8 Å². The van der Waals surface area contributed by atoms with Crippen LogP contribution in [0.2, 0.25) is 0 Å². The molecule has 0 spiro atoms. The van der Waals surface area contributed by atoms with Crippen molar-refractivity contribution in [3.8, 4) is 10.8 Å². The average Bonchev–Trinajstić information content (AvgIpc) is 2.77. The minimum atomic E-state index is 0.684. The molecule has 1 aromatic carbocycles. The summed E-state index contributed by atoms with van der Waals surface area (Å²) >= 11 is 1.36. The molecule has 0 saturated heterocycles. The molecule has 0 aliphatic carbocycles. The molecule has 0 N–H and O–H groups in total. The third-order valence-corrected chi connectivity index (χ3v) is 3.17. The van der Waals surface area contributed by atoms with Crippen molar-refractivity contribution in [2.45, 2.75) is 13.3 Å². The van der Waals surface area contributed by atoms with Crippen LogP contribution in [0.1, 0.15) is 22.2 Å². The second-order valence-electron chi connectivity index (χ2n) is 3.34. The molecule has 0 aliphatic rings. The number of ether oxygens (including phenoxy) is 1. The summed E-state index contributed by atoms with van der Waals surface area (Å²) in [6, 6.07) is 11.5. The molecular formula is C13H12O2S. The second kappa shape index (κ2) is 4.94. The van der Waals surface area contributed by atoms with Crippen molar-refractivity contribution in [3.05, 3.63) is 46.8 Å². The van der Waals surface area contributed by atoms with Gasteiger partial charge >= 0.3 is 0 Å². The molecule has 0 fully saturated rings. The summed E-state index contributed by atoms with van der Waals surface area (Å²) in [6.45, 7) is 2.09. The highest BCUT2D eigenvalue weighted by atomic mass is 32.1. The van der Waals surface area contributed by atoms with Crippen molar-refractivity contribution in [3.63, 3.8) is 0 Å². The number of rotatable bonds is 4. The normalized spacial score (nSPS) is 10.1. The molecule has 2 rings (SSSR count). The topological polar surface area (TPSA) is 26.3 Å². The van der Waals surface area contributed by atoms with E-state index in [4.69, 9.17) is 4.74 Å². The van der Waals surface area contributed by atoms with Crippen LogP contribution in [-0.4, -0.2) is 6.29 Å². The number of hydrogen-bond donors (Lipinski definition) is 0. The Hall–Kier alpha value is -1.61. The van der Waals surface area contributed by atoms with E-state index in [1.165, 1.54) is 16.9 Å². The van der Waals surface area contributed by atoms with Crippen LogP contribution in [0.3, 0.4) is 0 Å². The summed E-state index contributed by atoms with van der Waals surface area (Å²) in [4.78, 5) is 11.2. The van der Waals surface area contributed by atoms with Crippen molar-refractivity contribution >= 4 is 17.6 Å². The number of carbonyl (C=O) groups is 1. The molecule has 0 atom stereocenters. The summed E-state index contributed by atoms with van der Waals surface area (Å²) in [7, 11) is 0. The quantitative estimate of drug-likeness (QED) is 0.747. The maximum atomic E-state index is 10.6. The van der Waals surface area contributed by atoms with Crippen LogP contribution in [0.25, 0.3) is 0 Å². The zero-order chi connectivity index (χ0) is 11.4. The van der Waals surface area contributed by atoms with Crippen LogP contribution in [0, 0.1) is 0 Å². The Morgan fingerprint density at radius 2 is 2.06 bits per heavy atom. The molecule has 0 radical (unpaired) electrons. The zero-order valence-electron chi connectivity index (χ0n) is 8.97. The van der Waals surface area contributed by atoms with Gasteiger partial charge in [0, 0.05) is 0 Å². The van der Waals surface area contributed by atoms with Gasteiger partial charge < -0.3 is 4.74 Å². The van der Waals surface area contributed by atoms with Crippen LogP contribution in [-0.2, 0) is 6.42 Å². The Balaban J connectivity index is 2.22. The van der Waals surface area contributed by atoms with Gasteiger partial charge in [0.15, 0.2) is 11.3 Å². The van der Waals surface area contributed by atoms with Gasteiger partial charge in [-0.2, -0.15) is 0 Å². The lowest BCUT2D eigenvalue weighted by Crippen LogP contribution is -1.87. The number of benzene rings is 1. The molecule has 1 aromatic heterocycles. The highest BCUT2D eigenvalue weighted by molar-refractivity contribution is 7.15. The first kappa shape index (κ1) is 10.9. The first-order valence-electron chi connectivity index (χ1n) is 5.14. The number of para-hydroxylation sites is 1. The molecular weight excluding hydrogens is 220 g/mol. The van der Waals surface area contributed by atoms with Crippen molar-refractivity contribution in [2.24, 2.45) is 0 Å². The highest BCUT2D eigenvalue weighted by Gasteiger charge is 2.04. The van der Waals surface area contributed by atoms with Crippen LogP contribution in [0.15, 0.2) is 36.4 Å². The van der Waals surface area contributed by atoms with E-state index in [9.17, 15) is 4.79 Å². The number of aldehydes is 1. The zero-order valence-corrected chi connectivity index (χ0v) is 9.79. The van der Waals surface area contributed by atoms with Crippen molar-refractivity contribution in [1.82, 2.24) is 0 Å². The Bertz CT molecular complexity index is 488. The maximum absolute atomic E-state index is 10.6. The lowest BCUT2D eigenvalue weighted by atomic mass is 10.1. The van der Waals surface area contributed by atoms with Crippen molar-refractivity contribution in [1.29, 1.82) is 0 Å². The molecule has 0 amide bonds. The second-order valence-corrected chi connectivity index (χ2v) is 4.42. The van der Waals surface area contributed by atoms with Gasteiger partial charge in [-0.05, 0) is 30.2 Å². The van der Waals surface area contributed by atoms with Gasteiger partial charge in [0.2, 0.25) is 0 Å². The van der Waals surface area contributed by atoms with Gasteiger partial charge in [-0.1, -0.05) is 36.5 Å². The molecule has 16 heavy (non-hydrogen) atoms. The summed E-state index contributed by atoms with van der Waals surface area (Å²) in [5.74, 6) is 0.865. The van der Waals surface area contributed by atoms with Gasteiger partial charge in [0.25, 0.3) is 0 Å². The van der Waals surface area contributed by atoms with E-state index in [0.29, 0.717) is 4.88 Å². The molecule has 0 aliphatic heterocycles. The van der Waals surface area contributed by atoms with E-state index in [1.807, 2.05) is 30.3 Å². The first-order valence-corrected chi connectivity index (χ1v) is 5.96. The van der Waals surface area contributed by atoms with Gasteiger partial charge in [-0.15, -0.1) is 0 Å². The molecule has 0 saturated carbocycles. The highest BCUT2D eigenvalue weighted by Crippen LogP contribution is 2.30. The standard InChI is InChI=1S/C13H12O2S/c1-2-10-5-3-4-6-12(10)15-13-8-7-11(9-14)16-13/h3-9H,2H2,1H3. The first-order chi connectivity index (χ1) is 7.83. The summed E-state index contributed by atoms with van der Waals surface area (Å²) in [6.07, 6.45) is 1.77. The van der Waals surface area contributed by atoms with Gasteiger partial charge in [0.05, 0.1) is 4.88 Å². The molecule has 0 bridgehead atoms. The third kappa shape index (κ3) is 2.31. The van der Waals surface area contributed by atoms with Crippen molar-refractivity contribution in [2.75, 3.05) is 0 Å². The van der Waals surface area contributed by atoms with Crippen molar-refractivity contribution < 1.29 is 9.53 Å². The van der Waals surface area contributed by atoms with Gasteiger partial charge in [-0.3, -0.25) is 4.79 Å². The molecule has 2 aromatic rings. The fourth-order valence-corrected chi connectivity index (χ4v) is 2.14. The van der Waals surface area contributed by atoms with Crippen LogP contribution < -0.4 is 4.74 Å². The smallest absolute Gasteiger partial charge is 0.181 e. The van der Waals surface area contributed by atoms with Gasteiger partial charge in [-0.25, -0.2) is 0 Å². The Kier molecular flexibility index (Phi) is 3.37. The minimum absolute atomic E-state index is 0.684. The third-order valence-electron chi connectivity index (χ3n) is 2.28. The number of aryl methyl sites for hydroxylation is 1. The van der Waals surface area contributed by atoms with E-state index in [1.54, 1.807) is 6.07 Å². The summed E-state index contributed by atoms with van der Waals surface area (Å²) < 4.78 is 5.74. The van der Waals surface area contributed by atoms with E-state index in [2.05, 4.69) is 6.92 Å². The monoisotopic (exact) mass is 232 g/mol. The molecule has 1 heterocycles. The maximum Gasteiger partial charge on any atom is 0.181 e. The number of carbonyl (C=O) groups excluding carboxylic acids is 1. The molecule has 82 valence electrons. The fraction of sp³-hybridized carbons (Fsp3) is 0.154. The SMILES string of the molecule is CCc1ccccc1Oc1ccc(C=O)s1. The average molecular weight is 232 g/mol. The number of hydrogen-bond acceptors (Lipinski definition) is 3. The van der Waals surface area contributed by atoms with Gasteiger partial charge in [0.1, 0.15) is 5.75 Å². The molecule has 3 heteroatoms.